The summed E-state index contributed by atoms with van der Waals surface area (Å²) in [5.74, 6) is 0.900. The number of aromatic nitrogens is 1. The van der Waals surface area contributed by atoms with E-state index in [1.165, 1.54) is 11.4 Å². The Hall–Kier alpha value is -1.75. The van der Waals surface area contributed by atoms with Gasteiger partial charge in [0.1, 0.15) is 10.4 Å². The van der Waals surface area contributed by atoms with Crippen LogP contribution >= 0.6 is 15.9 Å². The minimum absolute atomic E-state index is 0.900. The second-order valence-corrected chi connectivity index (χ2v) is 5.74. The second-order valence-electron chi connectivity index (χ2n) is 4.99. The molecule has 4 nitrogen and oxygen atoms in total. The zero-order valence-electron chi connectivity index (χ0n) is 12.0. The summed E-state index contributed by atoms with van der Waals surface area (Å²) in [4.78, 5) is 9.07. The van der Waals surface area contributed by atoms with Crippen LogP contribution < -0.4 is 14.5 Å². The Bertz CT molecular complexity index is 595. The third kappa shape index (κ3) is 3.13. The molecule has 0 N–H and O–H groups in total. The van der Waals surface area contributed by atoms with E-state index in [1.54, 1.807) is 13.3 Å². The molecule has 1 saturated heterocycles. The number of benzene rings is 1. The summed E-state index contributed by atoms with van der Waals surface area (Å²) in [5, 5.41) is 0. The predicted octanol–water partition coefficient (Wildman–Crippen LogP) is 3.18. The Labute approximate surface area is 133 Å². The van der Waals surface area contributed by atoms with Gasteiger partial charge in [-0.05, 0) is 52.3 Å². The number of halogens is 1. The van der Waals surface area contributed by atoms with Gasteiger partial charge < -0.3 is 14.5 Å². The van der Waals surface area contributed by atoms with Crippen molar-refractivity contribution in [3.63, 3.8) is 0 Å². The fourth-order valence-electron chi connectivity index (χ4n) is 2.61. The number of nitrogens with zero attached hydrogens (tertiary/aromatic N) is 3. The van der Waals surface area contributed by atoms with Crippen LogP contribution in [0.25, 0.3) is 0 Å². The number of ether oxygens (including phenoxy) is 1. The standard InChI is InChI=1S/C16H18BrN3O/c1-21-14-6-4-13(5-7-14)19-9-11-20(12-10-19)15-3-2-8-18-16(15)17/h2-8H,9-12H2,1H3. The van der Waals surface area contributed by atoms with E-state index >= 15 is 0 Å². The molecule has 21 heavy (non-hydrogen) atoms. The summed E-state index contributed by atoms with van der Waals surface area (Å²) >= 11 is 3.53. The normalized spacial score (nSPS) is 15.1. The van der Waals surface area contributed by atoms with Gasteiger partial charge in [0.25, 0.3) is 0 Å². The summed E-state index contributed by atoms with van der Waals surface area (Å²) < 4.78 is 6.13. The molecule has 0 atom stereocenters. The van der Waals surface area contributed by atoms with Gasteiger partial charge in [0.2, 0.25) is 0 Å². The van der Waals surface area contributed by atoms with Crippen LogP contribution in [0.4, 0.5) is 11.4 Å². The first-order chi connectivity index (χ1) is 10.3. The average molecular weight is 348 g/mol. The fourth-order valence-corrected chi connectivity index (χ4v) is 3.11. The van der Waals surface area contributed by atoms with E-state index < -0.39 is 0 Å². The molecule has 0 amide bonds. The topological polar surface area (TPSA) is 28.6 Å². The number of pyridine rings is 1. The van der Waals surface area contributed by atoms with Crippen LogP contribution in [0.3, 0.4) is 0 Å². The van der Waals surface area contributed by atoms with Crippen molar-refractivity contribution in [3.8, 4) is 5.75 Å². The SMILES string of the molecule is COc1ccc(N2CCN(c3cccnc3Br)CC2)cc1. The quantitative estimate of drug-likeness (QED) is 0.797. The van der Waals surface area contributed by atoms with Crippen molar-refractivity contribution in [2.24, 2.45) is 0 Å². The predicted molar refractivity (Wildman–Crippen MR) is 89.4 cm³/mol. The van der Waals surface area contributed by atoms with Crippen LogP contribution in [0.15, 0.2) is 47.2 Å². The van der Waals surface area contributed by atoms with Gasteiger partial charge in [-0.15, -0.1) is 0 Å². The van der Waals surface area contributed by atoms with Crippen molar-refractivity contribution in [2.75, 3.05) is 43.1 Å². The fraction of sp³-hybridized carbons (Fsp3) is 0.312. The Balaban J connectivity index is 1.66. The summed E-state index contributed by atoms with van der Waals surface area (Å²) in [6.07, 6.45) is 1.81. The van der Waals surface area contributed by atoms with Crippen molar-refractivity contribution >= 4 is 27.3 Å². The van der Waals surface area contributed by atoms with Gasteiger partial charge in [-0.25, -0.2) is 4.98 Å². The highest BCUT2D eigenvalue weighted by Gasteiger charge is 2.19. The Morgan fingerprint density at radius 3 is 2.29 bits per heavy atom. The highest BCUT2D eigenvalue weighted by Crippen LogP contribution is 2.26. The maximum absolute atomic E-state index is 5.21. The van der Waals surface area contributed by atoms with Crippen LogP contribution in [0.2, 0.25) is 0 Å². The van der Waals surface area contributed by atoms with Gasteiger partial charge in [-0.3, -0.25) is 0 Å². The highest BCUT2D eigenvalue weighted by atomic mass is 79.9. The molecule has 0 unspecified atom stereocenters. The van der Waals surface area contributed by atoms with Crippen molar-refractivity contribution in [1.29, 1.82) is 0 Å². The number of methoxy groups -OCH3 is 1. The van der Waals surface area contributed by atoms with Gasteiger partial charge in [0.05, 0.1) is 12.8 Å². The lowest BCUT2D eigenvalue weighted by Crippen LogP contribution is -2.46. The number of anilines is 2. The molecule has 2 aromatic rings. The van der Waals surface area contributed by atoms with Crippen LogP contribution in [0.5, 0.6) is 5.75 Å². The first-order valence-corrected chi connectivity index (χ1v) is 7.81. The lowest BCUT2D eigenvalue weighted by molar-refractivity contribution is 0.415. The van der Waals surface area contributed by atoms with Crippen LogP contribution in [0.1, 0.15) is 0 Å². The molecule has 1 aromatic carbocycles. The molecule has 0 radical (unpaired) electrons. The monoisotopic (exact) mass is 347 g/mol. The van der Waals surface area contributed by atoms with E-state index in [-0.39, 0.29) is 0 Å². The number of hydrogen-bond acceptors (Lipinski definition) is 4. The molecular weight excluding hydrogens is 330 g/mol. The molecule has 110 valence electrons. The van der Waals surface area contributed by atoms with Gasteiger partial charge in [0, 0.05) is 38.1 Å². The van der Waals surface area contributed by atoms with Gasteiger partial charge >= 0.3 is 0 Å². The van der Waals surface area contributed by atoms with E-state index in [0.717, 1.165) is 36.5 Å². The minimum atomic E-state index is 0.900. The van der Waals surface area contributed by atoms with Crippen LogP contribution in [-0.4, -0.2) is 38.3 Å². The maximum Gasteiger partial charge on any atom is 0.129 e. The van der Waals surface area contributed by atoms with Gasteiger partial charge in [-0.1, -0.05) is 0 Å². The number of rotatable bonds is 3. The molecular formula is C16H18BrN3O. The van der Waals surface area contributed by atoms with E-state index in [9.17, 15) is 0 Å². The maximum atomic E-state index is 5.21. The van der Waals surface area contributed by atoms with Crippen molar-refractivity contribution in [1.82, 2.24) is 4.98 Å². The number of hydrogen-bond donors (Lipinski definition) is 0. The molecule has 0 bridgehead atoms. The third-order valence-corrected chi connectivity index (χ3v) is 4.41. The first kappa shape index (κ1) is 14.2. The van der Waals surface area contributed by atoms with Gasteiger partial charge in [-0.2, -0.15) is 0 Å². The summed E-state index contributed by atoms with van der Waals surface area (Å²) in [5.41, 5.74) is 2.42. The Kier molecular flexibility index (Phi) is 4.29. The highest BCUT2D eigenvalue weighted by molar-refractivity contribution is 9.10. The molecule has 1 aliphatic heterocycles. The molecule has 0 aliphatic carbocycles. The lowest BCUT2D eigenvalue weighted by Gasteiger charge is -2.37. The summed E-state index contributed by atoms with van der Waals surface area (Å²) in [6, 6.07) is 12.4. The molecule has 3 rings (SSSR count). The molecule has 0 saturated carbocycles. The van der Waals surface area contributed by atoms with E-state index in [0.29, 0.717) is 0 Å². The van der Waals surface area contributed by atoms with E-state index in [2.05, 4.69) is 48.9 Å². The van der Waals surface area contributed by atoms with Crippen molar-refractivity contribution < 1.29 is 4.74 Å². The third-order valence-electron chi connectivity index (χ3n) is 3.80. The smallest absolute Gasteiger partial charge is 0.129 e. The molecule has 1 aromatic heterocycles. The van der Waals surface area contributed by atoms with Crippen molar-refractivity contribution in [2.45, 2.75) is 0 Å². The Morgan fingerprint density at radius 2 is 1.67 bits per heavy atom. The van der Waals surface area contributed by atoms with E-state index in [1.807, 2.05) is 18.2 Å². The first-order valence-electron chi connectivity index (χ1n) is 7.02. The van der Waals surface area contributed by atoms with E-state index in [4.69, 9.17) is 4.74 Å². The van der Waals surface area contributed by atoms with Crippen LogP contribution in [0, 0.1) is 0 Å². The number of piperazine rings is 1. The minimum Gasteiger partial charge on any atom is -0.497 e. The van der Waals surface area contributed by atoms with Crippen LogP contribution in [-0.2, 0) is 0 Å². The summed E-state index contributed by atoms with van der Waals surface area (Å²) in [6.45, 7) is 4.01. The zero-order chi connectivity index (χ0) is 14.7. The molecule has 5 heteroatoms. The largest absolute Gasteiger partial charge is 0.497 e. The molecule has 0 spiro atoms. The van der Waals surface area contributed by atoms with Crippen molar-refractivity contribution in [3.05, 3.63) is 47.2 Å². The Morgan fingerprint density at radius 1 is 1.00 bits per heavy atom. The second kappa shape index (κ2) is 6.35. The lowest BCUT2D eigenvalue weighted by atomic mass is 10.2. The van der Waals surface area contributed by atoms with Gasteiger partial charge in [0.15, 0.2) is 0 Å². The average Bonchev–Trinajstić information content (AvgIpc) is 2.56. The molecule has 1 fully saturated rings. The zero-order valence-corrected chi connectivity index (χ0v) is 13.6. The molecule has 1 aliphatic rings. The summed E-state index contributed by atoms with van der Waals surface area (Å²) in [7, 11) is 1.69. The molecule has 2 heterocycles.